The fraction of sp³-hybridized carbons (Fsp3) is 0.552. The van der Waals surface area contributed by atoms with E-state index in [0.717, 1.165) is 18.4 Å². The highest BCUT2D eigenvalue weighted by Gasteiger charge is 2.44. The van der Waals surface area contributed by atoms with E-state index in [2.05, 4.69) is 58.1 Å². The second-order valence-electron chi connectivity index (χ2n) is 11.5. The largest absolute Gasteiger partial charge is 0.493 e. The number of likely N-dealkylation sites (tertiary alicyclic amines) is 1. The topological polar surface area (TPSA) is 57.2 Å². The second-order valence-corrected chi connectivity index (χ2v) is 16.3. The summed E-state index contributed by atoms with van der Waals surface area (Å²) in [4.78, 5) is 15.3. The van der Waals surface area contributed by atoms with Crippen molar-refractivity contribution in [3.63, 3.8) is 0 Å². The van der Waals surface area contributed by atoms with E-state index in [-0.39, 0.29) is 16.4 Å². The van der Waals surface area contributed by atoms with Crippen LogP contribution in [0, 0.1) is 5.41 Å². The van der Waals surface area contributed by atoms with Gasteiger partial charge in [-0.05, 0) is 54.2 Å². The second kappa shape index (κ2) is 11.3. The first-order valence-corrected chi connectivity index (χ1v) is 15.6. The fourth-order valence-electron chi connectivity index (χ4n) is 4.72. The summed E-state index contributed by atoms with van der Waals surface area (Å²) in [7, 11) is 2.94. The SMILES string of the molecule is COc1cc(CN2CC(CCO[Si](C)(C)C(C)(C)C)(Cc3ccccc3)CC2=O)cc(OC)c1OC. The monoisotopic (exact) mass is 513 g/mol. The first-order valence-electron chi connectivity index (χ1n) is 12.7. The zero-order chi connectivity index (χ0) is 26.6. The number of amides is 1. The molecule has 1 amide bonds. The van der Waals surface area contributed by atoms with Gasteiger partial charge in [-0.25, -0.2) is 0 Å². The Labute approximate surface area is 218 Å². The van der Waals surface area contributed by atoms with Crippen LogP contribution in [0.3, 0.4) is 0 Å². The number of hydrogen-bond acceptors (Lipinski definition) is 5. The van der Waals surface area contributed by atoms with Gasteiger partial charge in [0.1, 0.15) is 0 Å². The van der Waals surface area contributed by atoms with E-state index in [4.69, 9.17) is 18.6 Å². The summed E-state index contributed by atoms with van der Waals surface area (Å²) >= 11 is 0. The first kappa shape index (κ1) is 28.1. The van der Waals surface area contributed by atoms with Gasteiger partial charge in [-0.3, -0.25) is 4.79 Å². The van der Waals surface area contributed by atoms with Gasteiger partial charge >= 0.3 is 0 Å². The molecule has 0 bridgehead atoms. The number of benzene rings is 2. The Kier molecular flexibility index (Phi) is 8.78. The lowest BCUT2D eigenvalue weighted by Crippen LogP contribution is -2.42. The van der Waals surface area contributed by atoms with Gasteiger partial charge in [0.25, 0.3) is 0 Å². The number of ether oxygens (including phenoxy) is 3. The molecule has 3 rings (SSSR count). The summed E-state index contributed by atoms with van der Waals surface area (Å²) in [6.07, 6.45) is 2.23. The Morgan fingerprint density at radius 2 is 1.56 bits per heavy atom. The third-order valence-electron chi connectivity index (χ3n) is 7.83. The van der Waals surface area contributed by atoms with Gasteiger partial charge in [-0.15, -0.1) is 0 Å². The lowest BCUT2D eigenvalue weighted by atomic mass is 9.78. The molecule has 0 spiro atoms. The highest BCUT2D eigenvalue weighted by atomic mass is 28.4. The van der Waals surface area contributed by atoms with Crippen molar-refractivity contribution in [2.45, 2.75) is 64.7 Å². The number of methoxy groups -OCH3 is 3. The quantitative estimate of drug-likeness (QED) is 0.341. The molecule has 1 aliphatic rings. The normalized spacial score (nSPS) is 18.4. The summed E-state index contributed by atoms with van der Waals surface area (Å²) in [5, 5.41) is 0.156. The van der Waals surface area contributed by atoms with Crippen molar-refractivity contribution in [1.29, 1.82) is 0 Å². The predicted octanol–water partition coefficient (Wildman–Crippen LogP) is 6.09. The number of hydrogen-bond donors (Lipinski definition) is 0. The van der Waals surface area contributed by atoms with Crippen LogP contribution in [0.15, 0.2) is 42.5 Å². The van der Waals surface area contributed by atoms with Crippen LogP contribution in [0.25, 0.3) is 0 Å². The molecule has 1 atom stereocenters. The Morgan fingerprint density at radius 1 is 0.944 bits per heavy atom. The van der Waals surface area contributed by atoms with Crippen LogP contribution in [0.4, 0.5) is 0 Å². The zero-order valence-corrected chi connectivity index (χ0v) is 24.3. The van der Waals surface area contributed by atoms with Gasteiger partial charge in [0.2, 0.25) is 11.7 Å². The highest BCUT2D eigenvalue weighted by molar-refractivity contribution is 6.74. The van der Waals surface area contributed by atoms with Crippen LogP contribution in [0.2, 0.25) is 18.1 Å². The van der Waals surface area contributed by atoms with Crippen molar-refractivity contribution < 1.29 is 23.4 Å². The molecule has 1 heterocycles. The standard InChI is InChI=1S/C29H43NO5Si/c1-28(2,3)36(7,8)35-15-14-29(18-22-12-10-9-11-13-22)19-26(31)30(21-29)20-23-16-24(32-4)27(34-6)25(17-23)33-5/h9-13,16-17H,14-15,18-21H2,1-8H3. The van der Waals surface area contributed by atoms with Gasteiger partial charge in [0.15, 0.2) is 19.8 Å². The Balaban J connectivity index is 1.82. The van der Waals surface area contributed by atoms with Crippen molar-refractivity contribution in [3.05, 3.63) is 53.6 Å². The smallest absolute Gasteiger partial charge is 0.223 e. The maximum absolute atomic E-state index is 13.3. The molecule has 1 saturated heterocycles. The minimum absolute atomic E-state index is 0.156. The van der Waals surface area contributed by atoms with Crippen LogP contribution in [-0.2, 0) is 22.2 Å². The predicted molar refractivity (Wildman–Crippen MR) is 146 cm³/mol. The summed E-state index contributed by atoms with van der Waals surface area (Å²) in [5.74, 6) is 1.92. The first-order chi connectivity index (χ1) is 16.9. The number of rotatable bonds is 11. The molecule has 2 aromatic rings. The molecule has 0 N–H and O–H groups in total. The van der Waals surface area contributed by atoms with Crippen molar-refractivity contribution in [2.24, 2.45) is 5.41 Å². The molecular weight excluding hydrogens is 470 g/mol. The average Bonchev–Trinajstić information content (AvgIpc) is 3.12. The van der Waals surface area contributed by atoms with Gasteiger partial charge in [-0.1, -0.05) is 51.1 Å². The van der Waals surface area contributed by atoms with Crippen LogP contribution in [0.5, 0.6) is 17.2 Å². The van der Waals surface area contributed by atoms with E-state index >= 15 is 0 Å². The van der Waals surface area contributed by atoms with Crippen LogP contribution in [0.1, 0.15) is 44.7 Å². The maximum Gasteiger partial charge on any atom is 0.223 e. The van der Waals surface area contributed by atoms with Crippen molar-refractivity contribution >= 4 is 14.2 Å². The van der Waals surface area contributed by atoms with E-state index in [9.17, 15) is 4.79 Å². The average molecular weight is 514 g/mol. The summed E-state index contributed by atoms with van der Waals surface area (Å²) in [6.45, 7) is 13.2. The van der Waals surface area contributed by atoms with E-state index in [1.165, 1.54) is 5.56 Å². The molecular formula is C29H43NO5Si. The molecule has 0 saturated carbocycles. The molecule has 2 aromatic carbocycles. The number of carbonyl (C=O) groups is 1. The molecule has 0 aliphatic carbocycles. The Morgan fingerprint density at radius 3 is 2.08 bits per heavy atom. The molecule has 198 valence electrons. The van der Waals surface area contributed by atoms with E-state index < -0.39 is 8.32 Å². The van der Waals surface area contributed by atoms with Crippen LogP contribution < -0.4 is 14.2 Å². The molecule has 7 heteroatoms. The van der Waals surface area contributed by atoms with Gasteiger partial charge in [0.05, 0.1) is 21.3 Å². The molecule has 36 heavy (non-hydrogen) atoms. The lowest BCUT2D eigenvalue weighted by molar-refractivity contribution is -0.128. The third kappa shape index (κ3) is 6.43. The van der Waals surface area contributed by atoms with Crippen LogP contribution >= 0.6 is 0 Å². The molecule has 0 aromatic heterocycles. The highest BCUT2D eigenvalue weighted by Crippen LogP contribution is 2.43. The maximum atomic E-state index is 13.3. The van der Waals surface area contributed by atoms with Crippen molar-refractivity contribution in [2.75, 3.05) is 34.5 Å². The minimum atomic E-state index is -1.87. The van der Waals surface area contributed by atoms with Gasteiger partial charge < -0.3 is 23.5 Å². The molecule has 1 unspecified atom stereocenters. The molecule has 6 nitrogen and oxygen atoms in total. The number of carbonyl (C=O) groups excluding carboxylic acids is 1. The summed E-state index contributed by atoms with van der Waals surface area (Å²) in [6, 6.07) is 14.3. The molecule has 1 fully saturated rings. The minimum Gasteiger partial charge on any atom is -0.493 e. The summed E-state index contributed by atoms with van der Waals surface area (Å²) < 4.78 is 23.1. The molecule has 1 aliphatic heterocycles. The van der Waals surface area contributed by atoms with Crippen molar-refractivity contribution in [1.82, 2.24) is 4.90 Å². The van der Waals surface area contributed by atoms with E-state index in [0.29, 0.717) is 43.4 Å². The fourth-order valence-corrected chi connectivity index (χ4v) is 5.76. The zero-order valence-electron chi connectivity index (χ0n) is 23.3. The lowest BCUT2D eigenvalue weighted by Gasteiger charge is -2.37. The Hall–Kier alpha value is -2.51. The van der Waals surface area contributed by atoms with Crippen LogP contribution in [-0.4, -0.2) is 53.6 Å². The van der Waals surface area contributed by atoms with Gasteiger partial charge in [-0.2, -0.15) is 0 Å². The summed E-state index contributed by atoms with van der Waals surface area (Å²) in [5.41, 5.74) is 2.04. The van der Waals surface area contributed by atoms with Gasteiger partial charge in [0, 0.05) is 31.5 Å². The van der Waals surface area contributed by atoms with E-state index in [1.807, 2.05) is 23.1 Å². The number of nitrogens with zero attached hydrogens (tertiary/aromatic N) is 1. The Bertz CT molecular complexity index is 1010. The third-order valence-corrected chi connectivity index (χ3v) is 12.4. The van der Waals surface area contributed by atoms with Crippen molar-refractivity contribution in [3.8, 4) is 17.2 Å². The molecule has 0 radical (unpaired) electrons. The van der Waals surface area contributed by atoms with E-state index in [1.54, 1.807) is 21.3 Å².